The molecule has 0 unspecified atom stereocenters. The third-order valence-electron chi connectivity index (χ3n) is 4.41. The molecule has 2 heterocycles. The average Bonchev–Trinajstić information content (AvgIpc) is 3.38. The van der Waals surface area contributed by atoms with Gasteiger partial charge in [-0.25, -0.2) is 9.07 Å². The number of carbonyl (C=O) groups excluding carboxylic acids is 1. The number of para-hydroxylation sites is 1. The normalized spacial score (nSPS) is 10.8. The Morgan fingerprint density at radius 3 is 2.50 bits per heavy atom. The third kappa shape index (κ3) is 3.73. The largest absolute Gasteiger partial charge is 0.337 e. The highest BCUT2D eigenvalue weighted by Crippen LogP contribution is 2.28. The lowest BCUT2D eigenvalue weighted by atomic mass is 10.1. The summed E-state index contributed by atoms with van der Waals surface area (Å²) in [7, 11) is 1.74. The first-order chi connectivity index (χ1) is 13.6. The van der Waals surface area contributed by atoms with Crippen LogP contribution in [0.1, 0.15) is 15.9 Å². The molecule has 2 aromatic heterocycles. The zero-order chi connectivity index (χ0) is 19.5. The van der Waals surface area contributed by atoms with Crippen LogP contribution in [0.3, 0.4) is 0 Å². The predicted octanol–water partition coefficient (Wildman–Crippen LogP) is 5.01. The number of carbonyl (C=O) groups is 1. The van der Waals surface area contributed by atoms with Crippen molar-refractivity contribution in [2.24, 2.45) is 0 Å². The number of hydrogen-bond acceptors (Lipinski definition) is 3. The van der Waals surface area contributed by atoms with E-state index in [2.05, 4.69) is 0 Å². The van der Waals surface area contributed by atoms with Gasteiger partial charge in [-0.3, -0.25) is 4.79 Å². The molecule has 0 aliphatic heterocycles. The Hall–Kier alpha value is -3.25. The molecule has 0 saturated heterocycles. The van der Waals surface area contributed by atoms with Crippen molar-refractivity contribution >= 4 is 17.2 Å². The summed E-state index contributed by atoms with van der Waals surface area (Å²) in [5.41, 5.74) is 3.22. The lowest BCUT2D eigenvalue weighted by Gasteiger charge is -2.17. The summed E-state index contributed by atoms with van der Waals surface area (Å²) >= 11 is 1.61. The Morgan fingerprint density at radius 2 is 1.82 bits per heavy atom. The van der Waals surface area contributed by atoms with E-state index in [1.165, 1.54) is 24.3 Å². The molecule has 0 aliphatic carbocycles. The van der Waals surface area contributed by atoms with Crippen molar-refractivity contribution in [3.05, 3.63) is 95.3 Å². The minimum Gasteiger partial charge on any atom is -0.337 e. The van der Waals surface area contributed by atoms with E-state index in [0.717, 1.165) is 21.8 Å². The van der Waals surface area contributed by atoms with Crippen molar-refractivity contribution in [3.63, 3.8) is 0 Å². The molecule has 0 spiro atoms. The van der Waals surface area contributed by atoms with Crippen molar-refractivity contribution < 1.29 is 9.18 Å². The van der Waals surface area contributed by atoms with Crippen molar-refractivity contribution in [2.45, 2.75) is 6.54 Å². The van der Waals surface area contributed by atoms with Crippen molar-refractivity contribution in [1.82, 2.24) is 14.7 Å². The summed E-state index contributed by atoms with van der Waals surface area (Å²) < 4.78 is 15.0. The predicted molar refractivity (Wildman–Crippen MR) is 109 cm³/mol. The summed E-state index contributed by atoms with van der Waals surface area (Å²) in [4.78, 5) is 15.4. The smallest absolute Gasteiger partial charge is 0.253 e. The summed E-state index contributed by atoms with van der Waals surface area (Å²) in [5.74, 6) is -0.520. The summed E-state index contributed by atoms with van der Waals surface area (Å²) in [6.07, 6.45) is 1.96. The molecule has 2 aromatic carbocycles. The van der Waals surface area contributed by atoms with Crippen LogP contribution in [0.25, 0.3) is 16.3 Å². The molecule has 0 aliphatic rings. The highest BCUT2D eigenvalue weighted by molar-refractivity contribution is 7.13. The number of rotatable bonds is 5. The number of benzene rings is 2. The van der Waals surface area contributed by atoms with Crippen LogP contribution in [0, 0.1) is 5.82 Å². The molecule has 0 saturated carbocycles. The van der Waals surface area contributed by atoms with Gasteiger partial charge in [-0.1, -0.05) is 24.3 Å². The quantitative estimate of drug-likeness (QED) is 0.479. The molecular weight excluding hydrogens is 373 g/mol. The lowest BCUT2D eigenvalue weighted by molar-refractivity contribution is 0.0785. The van der Waals surface area contributed by atoms with Gasteiger partial charge < -0.3 is 4.90 Å². The van der Waals surface area contributed by atoms with Gasteiger partial charge in [0.1, 0.15) is 11.5 Å². The summed E-state index contributed by atoms with van der Waals surface area (Å²) in [6, 6.07) is 19.5. The summed E-state index contributed by atoms with van der Waals surface area (Å²) in [5, 5.41) is 6.77. The second kappa shape index (κ2) is 7.78. The number of aromatic nitrogens is 2. The van der Waals surface area contributed by atoms with Crippen molar-refractivity contribution in [2.75, 3.05) is 7.05 Å². The van der Waals surface area contributed by atoms with Gasteiger partial charge in [0.15, 0.2) is 0 Å². The van der Waals surface area contributed by atoms with E-state index >= 15 is 0 Å². The third-order valence-corrected chi connectivity index (χ3v) is 5.29. The number of thiophene rings is 1. The zero-order valence-electron chi connectivity index (χ0n) is 15.2. The maximum atomic E-state index is 13.1. The molecule has 4 rings (SSSR count). The molecular formula is C22H18FN3OS. The fraction of sp³-hybridized carbons (Fsp3) is 0.0909. The first-order valence-corrected chi connectivity index (χ1v) is 9.68. The van der Waals surface area contributed by atoms with Gasteiger partial charge in [0.25, 0.3) is 5.91 Å². The maximum absolute atomic E-state index is 13.1. The molecule has 0 radical (unpaired) electrons. The zero-order valence-corrected chi connectivity index (χ0v) is 16.1. The fourth-order valence-corrected chi connectivity index (χ4v) is 3.74. The molecule has 1 amide bonds. The highest BCUT2D eigenvalue weighted by atomic mass is 32.1. The van der Waals surface area contributed by atoms with E-state index in [0.29, 0.717) is 12.1 Å². The number of halogens is 1. The van der Waals surface area contributed by atoms with E-state index in [-0.39, 0.29) is 11.7 Å². The molecule has 0 atom stereocenters. The molecule has 0 fully saturated rings. The highest BCUT2D eigenvalue weighted by Gasteiger charge is 2.18. The lowest BCUT2D eigenvalue weighted by Crippen LogP contribution is -2.26. The van der Waals surface area contributed by atoms with Crippen LogP contribution in [0.5, 0.6) is 0 Å². The summed E-state index contributed by atoms with van der Waals surface area (Å²) in [6.45, 7) is 0.399. The van der Waals surface area contributed by atoms with Gasteiger partial charge in [0, 0.05) is 30.9 Å². The van der Waals surface area contributed by atoms with Crippen molar-refractivity contribution in [3.8, 4) is 16.3 Å². The number of nitrogens with zero attached hydrogens (tertiary/aromatic N) is 3. The van der Waals surface area contributed by atoms with E-state index in [1.807, 2.05) is 58.7 Å². The van der Waals surface area contributed by atoms with E-state index in [9.17, 15) is 9.18 Å². The molecule has 0 N–H and O–H groups in total. The molecule has 0 bridgehead atoms. The van der Waals surface area contributed by atoms with Crippen LogP contribution in [0.2, 0.25) is 0 Å². The van der Waals surface area contributed by atoms with Gasteiger partial charge in [-0.2, -0.15) is 5.10 Å². The fourth-order valence-electron chi connectivity index (χ4n) is 3.00. The van der Waals surface area contributed by atoms with Gasteiger partial charge in [0.2, 0.25) is 0 Å². The van der Waals surface area contributed by atoms with Crippen LogP contribution in [-0.2, 0) is 6.54 Å². The van der Waals surface area contributed by atoms with E-state index < -0.39 is 0 Å². The van der Waals surface area contributed by atoms with Crippen LogP contribution >= 0.6 is 11.3 Å². The molecule has 4 aromatic rings. The van der Waals surface area contributed by atoms with Gasteiger partial charge in [0.05, 0.1) is 10.6 Å². The Morgan fingerprint density at radius 1 is 1.07 bits per heavy atom. The Kier molecular flexibility index (Phi) is 5.04. The first-order valence-electron chi connectivity index (χ1n) is 8.81. The average molecular weight is 391 g/mol. The molecule has 140 valence electrons. The SMILES string of the molecule is CN(Cc1cn(-c2ccccc2)nc1-c1cccs1)C(=O)c1ccc(F)cc1. The second-order valence-electron chi connectivity index (χ2n) is 6.43. The van der Waals surface area contributed by atoms with Crippen molar-refractivity contribution in [1.29, 1.82) is 0 Å². The van der Waals surface area contributed by atoms with Crippen LogP contribution in [0.4, 0.5) is 4.39 Å². The van der Waals surface area contributed by atoms with E-state index in [4.69, 9.17) is 5.10 Å². The van der Waals surface area contributed by atoms with Gasteiger partial charge in [-0.15, -0.1) is 11.3 Å². The standard InChI is InChI=1S/C22H18FN3OS/c1-25(22(27)16-9-11-18(23)12-10-16)14-17-15-26(19-6-3-2-4-7-19)24-21(17)20-8-5-13-28-20/h2-13,15H,14H2,1H3. The monoisotopic (exact) mass is 391 g/mol. The van der Waals surface area contributed by atoms with Gasteiger partial charge in [-0.05, 0) is 47.8 Å². The topological polar surface area (TPSA) is 38.1 Å². The van der Waals surface area contributed by atoms with Gasteiger partial charge >= 0.3 is 0 Å². The maximum Gasteiger partial charge on any atom is 0.253 e. The molecule has 6 heteroatoms. The number of hydrogen-bond donors (Lipinski definition) is 0. The molecule has 28 heavy (non-hydrogen) atoms. The minimum absolute atomic E-state index is 0.162. The Labute approximate surface area is 166 Å². The van der Waals surface area contributed by atoms with Crippen LogP contribution in [-0.4, -0.2) is 27.6 Å². The van der Waals surface area contributed by atoms with Crippen LogP contribution < -0.4 is 0 Å². The number of amides is 1. The Balaban J connectivity index is 1.65. The minimum atomic E-state index is -0.358. The van der Waals surface area contributed by atoms with E-state index in [1.54, 1.807) is 23.3 Å². The Bertz CT molecular complexity index is 1070. The second-order valence-corrected chi connectivity index (χ2v) is 7.38. The molecule has 4 nitrogen and oxygen atoms in total. The first kappa shape index (κ1) is 18.1. The van der Waals surface area contributed by atoms with Crippen LogP contribution in [0.15, 0.2) is 78.3 Å².